The van der Waals surface area contributed by atoms with Crippen molar-refractivity contribution in [3.8, 4) is 0 Å². The van der Waals surface area contributed by atoms with Crippen LogP contribution in [0.15, 0.2) is 64.7 Å². The Morgan fingerprint density at radius 3 is 2.63 bits per heavy atom. The van der Waals surface area contributed by atoms with Gasteiger partial charge in [-0.05, 0) is 23.3 Å². The molecule has 27 heavy (non-hydrogen) atoms. The number of amidine groups is 1. The number of benzene rings is 2. The second kappa shape index (κ2) is 8.95. The number of nitrogens with zero attached hydrogens (tertiary/aromatic N) is 2. The highest BCUT2D eigenvalue weighted by molar-refractivity contribution is 6.30. The van der Waals surface area contributed by atoms with E-state index in [-0.39, 0.29) is 12.3 Å². The van der Waals surface area contributed by atoms with E-state index in [0.717, 1.165) is 11.1 Å². The van der Waals surface area contributed by atoms with Crippen molar-refractivity contribution in [1.82, 2.24) is 16.3 Å². The molecular weight excluding hydrogens is 366 g/mol. The van der Waals surface area contributed by atoms with E-state index in [1.165, 1.54) is 6.21 Å². The van der Waals surface area contributed by atoms with Crippen LogP contribution in [0, 0.1) is 0 Å². The summed E-state index contributed by atoms with van der Waals surface area (Å²) < 4.78 is 0. The van der Waals surface area contributed by atoms with Gasteiger partial charge < -0.3 is 0 Å². The third kappa shape index (κ3) is 5.65. The van der Waals surface area contributed by atoms with Crippen molar-refractivity contribution in [2.45, 2.75) is 18.9 Å². The van der Waals surface area contributed by atoms with Crippen LogP contribution in [0.4, 0.5) is 0 Å². The van der Waals surface area contributed by atoms with E-state index in [9.17, 15) is 9.59 Å². The van der Waals surface area contributed by atoms with Gasteiger partial charge in [-0.15, -0.1) is 0 Å². The molecule has 0 bridgehead atoms. The number of hydrazine groups is 1. The smallest absolute Gasteiger partial charge is 0.263 e. The molecule has 2 aromatic rings. The number of hydrogen-bond acceptors (Lipinski definition) is 5. The molecule has 0 saturated heterocycles. The largest absolute Gasteiger partial charge is 0.285 e. The monoisotopic (exact) mass is 383 g/mol. The molecule has 1 aliphatic heterocycles. The van der Waals surface area contributed by atoms with E-state index in [0.29, 0.717) is 17.3 Å². The predicted octanol–water partition coefficient (Wildman–Crippen LogP) is 1.82. The lowest BCUT2D eigenvalue weighted by Gasteiger charge is -2.21. The Morgan fingerprint density at radius 2 is 1.89 bits per heavy atom. The van der Waals surface area contributed by atoms with Gasteiger partial charge in [0.2, 0.25) is 5.91 Å². The van der Waals surface area contributed by atoms with Crippen LogP contribution in [0.3, 0.4) is 0 Å². The minimum absolute atomic E-state index is 0.0935. The molecule has 8 heteroatoms. The molecule has 0 saturated carbocycles. The molecule has 1 aliphatic rings. The van der Waals surface area contributed by atoms with Crippen molar-refractivity contribution >= 4 is 35.5 Å². The zero-order valence-electron chi connectivity index (χ0n) is 14.4. The third-order valence-electron chi connectivity index (χ3n) is 3.81. The number of hydrazone groups is 1. The maximum Gasteiger partial charge on any atom is 0.263 e. The maximum atomic E-state index is 12.1. The Kier molecular flexibility index (Phi) is 6.17. The summed E-state index contributed by atoms with van der Waals surface area (Å²) in [7, 11) is 0. The number of amides is 2. The summed E-state index contributed by atoms with van der Waals surface area (Å²) in [5.41, 5.74) is 9.56. The lowest BCUT2D eigenvalue weighted by Crippen LogP contribution is -2.52. The first kappa shape index (κ1) is 18.6. The van der Waals surface area contributed by atoms with Crippen molar-refractivity contribution in [2.24, 2.45) is 10.1 Å². The molecule has 138 valence electrons. The van der Waals surface area contributed by atoms with Crippen molar-refractivity contribution in [1.29, 1.82) is 0 Å². The fraction of sp³-hybridized carbons (Fsp3) is 0.158. The second-order valence-corrected chi connectivity index (χ2v) is 6.35. The van der Waals surface area contributed by atoms with Crippen LogP contribution in [0.2, 0.25) is 5.02 Å². The molecule has 0 fully saturated rings. The summed E-state index contributed by atoms with van der Waals surface area (Å²) in [6.45, 7) is 0. The second-order valence-electron chi connectivity index (χ2n) is 5.92. The molecule has 1 heterocycles. The molecular formula is C19H18ClN5O2. The molecule has 1 atom stereocenters. The maximum absolute atomic E-state index is 12.1. The van der Waals surface area contributed by atoms with Gasteiger partial charge in [0.15, 0.2) is 0 Å². The van der Waals surface area contributed by atoms with Gasteiger partial charge in [0.05, 0.1) is 12.6 Å². The van der Waals surface area contributed by atoms with Crippen molar-refractivity contribution < 1.29 is 9.59 Å². The number of halogens is 1. The average Bonchev–Trinajstić information content (AvgIpc) is 2.67. The Bertz CT molecular complexity index is 865. The van der Waals surface area contributed by atoms with Gasteiger partial charge in [-0.3, -0.25) is 25.4 Å². The quantitative estimate of drug-likeness (QED) is 0.524. The fourth-order valence-electron chi connectivity index (χ4n) is 2.46. The summed E-state index contributed by atoms with van der Waals surface area (Å²) in [4.78, 5) is 28.3. The molecule has 0 aliphatic carbocycles. The molecule has 2 aromatic carbocycles. The predicted molar refractivity (Wildman–Crippen MR) is 104 cm³/mol. The van der Waals surface area contributed by atoms with Gasteiger partial charge in [0, 0.05) is 11.4 Å². The van der Waals surface area contributed by atoms with Gasteiger partial charge in [-0.2, -0.15) is 5.10 Å². The molecule has 7 nitrogen and oxygen atoms in total. The van der Waals surface area contributed by atoms with Crippen LogP contribution in [0.1, 0.15) is 17.5 Å². The summed E-state index contributed by atoms with van der Waals surface area (Å²) >= 11 is 5.81. The van der Waals surface area contributed by atoms with E-state index in [4.69, 9.17) is 11.6 Å². The topological polar surface area (TPSA) is 95.0 Å². The van der Waals surface area contributed by atoms with Gasteiger partial charge in [-0.25, -0.2) is 5.43 Å². The summed E-state index contributed by atoms with van der Waals surface area (Å²) in [6, 6.07) is 15.9. The van der Waals surface area contributed by atoms with Gasteiger partial charge in [-0.1, -0.05) is 54.1 Å². The Morgan fingerprint density at radius 1 is 1.15 bits per heavy atom. The van der Waals surface area contributed by atoms with Crippen LogP contribution in [0.5, 0.6) is 0 Å². The lowest BCUT2D eigenvalue weighted by molar-refractivity contribution is -0.128. The zero-order chi connectivity index (χ0) is 19.1. The minimum Gasteiger partial charge on any atom is -0.285 e. The standard InChI is InChI=1S/C19H18ClN5O2/c20-15-8-6-14(7-9-15)12-21-24-18(26)11-16-19(27)25-23-17(22-16)10-13-4-2-1-3-5-13/h1-9,12,16H,10-11H2,(H,22,23)(H,24,26)(H,25,27)/b21-12-/t16-/m0/s1. The van der Waals surface area contributed by atoms with Crippen molar-refractivity contribution in [3.63, 3.8) is 0 Å². The van der Waals surface area contributed by atoms with Crippen LogP contribution in [0.25, 0.3) is 0 Å². The normalized spacial score (nSPS) is 16.4. The first-order chi connectivity index (χ1) is 13.1. The van der Waals surface area contributed by atoms with E-state index >= 15 is 0 Å². The fourth-order valence-corrected chi connectivity index (χ4v) is 2.59. The number of hydrogen-bond donors (Lipinski definition) is 3. The molecule has 3 rings (SSSR count). The summed E-state index contributed by atoms with van der Waals surface area (Å²) in [6.07, 6.45) is 1.94. The molecule has 3 N–H and O–H groups in total. The molecule has 0 radical (unpaired) electrons. The summed E-state index contributed by atoms with van der Waals surface area (Å²) in [5, 5.41) is 4.51. The first-order valence-electron chi connectivity index (χ1n) is 8.34. The first-order valence-corrected chi connectivity index (χ1v) is 8.72. The molecule has 0 spiro atoms. The minimum atomic E-state index is -0.796. The molecule has 0 aromatic heterocycles. The van der Waals surface area contributed by atoms with Crippen LogP contribution in [-0.2, 0) is 16.0 Å². The van der Waals surface area contributed by atoms with E-state index in [1.54, 1.807) is 24.3 Å². The van der Waals surface area contributed by atoms with E-state index < -0.39 is 11.9 Å². The zero-order valence-corrected chi connectivity index (χ0v) is 15.1. The Hall–Kier alpha value is -3.19. The Labute approximate surface area is 161 Å². The number of carbonyl (C=O) groups excluding carboxylic acids is 2. The Balaban J connectivity index is 1.56. The highest BCUT2D eigenvalue weighted by Crippen LogP contribution is 2.08. The number of rotatable bonds is 6. The van der Waals surface area contributed by atoms with E-state index in [2.05, 4.69) is 26.4 Å². The van der Waals surface area contributed by atoms with Crippen LogP contribution >= 0.6 is 11.6 Å². The number of aliphatic imine (C=N–C) groups is 1. The highest BCUT2D eigenvalue weighted by atomic mass is 35.5. The van der Waals surface area contributed by atoms with Gasteiger partial charge >= 0.3 is 0 Å². The van der Waals surface area contributed by atoms with Crippen molar-refractivity contribution in [2.75, 3.05) is 0 Å². The number of nitrogens with one attached hydrogen (secondary N) is 3. The summed E-state index contributed by atoms with van der Waals surface area (Å²) in [5.74, 6) is -0.156. The molecule has 2 amide bonds. The van der Waals surface area contributed by atoms with Gasteiger partial charge in [0.1, 0.15) is 11.9 Å². The molecule has 0 unspecified atom stereocenters. The lowest BCUT2D eigenvalue weighted by atomic mass is 10.1. The number of carbonyl (C=O) groups is 2. The van der Waals surface area contributed by atoms with Crippen LogP contribution < -0.4 is 16.3 Å². The van der Waals surface area contributed by atoms with Crippen molar-refractivity contribution in [3.05, 3.63) is 70.7 Å². The van der Waals surface area contributed by atoms with E-state index in [1.807, 2.05) is 30.3 Å². The average molecular weight is 384 g/mol. The highest BCUT2D eigenvalue weighted by Gasteiger charge is 2.25. The SMILES string of the molecule is O=C(C[C@@H]1N=C(Cc2ccccc2)NNC1=O)N/N=C\c1ccc(Cl)cc1. The third-order valence-corrected chi connectivity index (χ3v) is 4.06. The van der Waals surface area contributed by atoms with Crippen LogP contribution in [-0.4, -0.2) is 29.9 Å². The van der Waals surface area contributed by atoms with Gasteiger partial charge in [0.25, 0.3) is 5.91 Å².